The summed E-state index contributed by atoms with van der Waals surface area (Å²) in [6.07, 6.45) is 1.16. The van der Waals surface area contributed by atoms with Crippen molar-refractivity contribution in [2.75, 3.05) is 0 Å². The smallest absolute Gasteiger partial charge is 1.00 e. The summed E-state index contributed by atoms with van der Waals surface area (Å²) in [6, 6.07) is 0. The van der Waals surface area contributed by atoms with Gasteiger partial charge in [-0.3, -0.25) is 18.9 Å². The van der Waals surface area contributed by atoms with Crippen LogP contribution in [0.15, 0.2) is 15.8 Å². The average molecular weight is 314 g/mol. The standard InChI is InChI=1S/C10H15N2O6P.Na.H/c1-6-5-12(9(14)11-8(6)13)10(19(15,16)17)4-3-7(2)18-10;;/h5,7H,3-4H2,1-2H3,(H,11,13,14)(H2,15,16,17);;/q;+1;-1. The van der Waals surface area contributed by atoms with Gasteiger partial charge in [-0.25, -0.2) is 4.79 Å². The SMILES string of the molecule is Cc1cn(C2(P(=O)(O)O)CCC(C)O2)c(=O)[nH]c1=O.[H-].[Na+]. The van der Waals surface area contributed by atoms with Gasteiger partial charge in [-0.15, -0.1) is 0 Å². The van der Waals surface area contributed by atoms with E-state index in [4.69, 9.17) is 4.74 Å². The number of aromatic amines is 1. The third-order valence-corrected chi connectivity index (χ3v) is 4.67. The largest absolute Gasteiger partial charge is 1.00 e. The van der Waals surface area contributed by atoms with E-state index in [-0.39, 0.29) is 49.1 Å². The maximum absolute atomic E-state index is 11.8. The van der Waals surface area contributed by atoms with Crippen LogP contribution in [0.4, 0.5) is 0 Å². The first kappa shape index (κ1) is 17.8. The molecule has 0 bridgehead atoms. The van der Waals surface area contributed by atoms with E-state index in [0.29, 0.717) is 6.42 Å². The van der Waals surface area contributed by atoms with E-state index in [1.54, 1.807) is 6.92 Å². The third kappa shape index (κ3) is 2.87. The molecule has 108 valence electrons. The molecule has 2 atom stereocenters. The molecule has 2 heterocycles. The molecule has 20 heavy (non-hydrogen) atoms. The Morgan fingerprint density at radius 3 is 2.60 bits per heavy atom. The summed E-state index contributed by atoms with van der Waals surface area (Å²) in [5.74, 6) is 0. The molecule has 1 aromatic heterocycles. The maximum atomic E-state index is 11.8. The Morgan fingerprint density at radius 2 is 2.15 bits per heavy atom. The van der Waals surface area contributed by atoms with Crippen molar-refractivity contribution in [1.82, 2.24) is 9.55 Å². The van der Waals surface area contributed by atoms with Crippen molar-refractivity contribution in [3.8, 4) is 0 Å². The normalized spacial score (nSPS) is 26.3. The van der Waals surface area contributed by atoms with Crippen LogP contribution in [0.1, 0.15) is 26.8 Å². The molecule has 1 saturated heterocycles. The number of hydrogen-bond acceptors (Lipinski definition) is 4. The summed E-state index contributed by atoms with van der Waals surface area (Å²) >= 11 is 0. The molecule has 8 nitrogen and oxygen atoms in total. The number of hydrogen-bond donors (Lipinski definition) is 3. The molecule has 0 aliphatic carbocycles. The number of nitrogens with one attached hydrogen (secondary N) is 1. The molecule has 10 heteroatoms. The molecule has 1 fully saturated rings. The van der Waals surface area contributed by atoms with Crippen LogP contribution in [0, 0.1) is 6.92 Å². The monoisotopic (exact) mass is 314 g/mol. The van der Waals surface area contributed by atoms with Crippen LogP contribution in [0.2, 0.25) is 0 Å². The molecule has 2 rings (SSSR count). The van der Waals surface area contributed by atoms with E-state index < -0.39 is 24.3 Å². The van der Waals surface area contributed by atoms with Gasteiger partial charge in [0.05, 0.1) is 6.10 Å². The number of H-pyrrole nitrogens is 1. The molecule has 0 saturated carbocycles. The van der Waals surface area contributed by atoms with E-state index in [0.717, 1.165) is 10.8 Å². The number of aromatic nitrogens is 2. The second-order valence-corrected chi connectivity index (χ2v) is 6.48. The molecule has 2 unspecified atom stereocenters. The molecular formula is C10H16N2NaO6P. The first-order valence-corrected chi connectivity index (χ1v) is 7.35. The van der Waals surface area contributed by atoms with Crippen LogP contribution in [-0.2, 0) is 14.8 Å². The Bertz CT molecular complexity index is 670. The summed E-state index contributed by atoms with van der Waals surface area (Å²) in [7, 11) is -4.75. The molecule has 0 spiro atoms. The van der Waals surface area contributed by atoms with Crippen molar-refractivity contribution < 1.29 is 50.1 Å². The maximum Gasteiger partial charge on any atom is 1.00 e. The van der Waals surface area contributed by atoms with Crippen molar-refractivity contribution in [3.05, 3.63) is 32.6 Å². The van der Waals surface area contributed by atoms with Crippen molar-refractivity contribution in [2.24, 2.45) is 0 Å². The van der Waals surface area contributed by atoms with Crippen LogP contribution < -0.4 is 40.8 Å². The average Bonchev–Trinajstić information content (AvgIpc) is 2.66. The number of ether oxygens (including phenoxy) is 1. The first-order chi connectivity index (χ1) is 8.67. The fourth-order valence-electron chi connectivity index (χ4n) is 2.19. The molecule has 1 aliphatic heterocycles. The van der Waals surface area contributed by atoms with E-state index in [1.165, 1.54) is 6.92 Å². The van der Waals surface area contributed by atoms with Crippen molar-refractivity contribution in [2.45, 2.75) is 38.3 Å². The quantitative estimate of drug-likeness (QED) is 0.394. The van der Waals surface area contributed by atoms with Gasteiger partial charge in [0, 0.05) is 18.2 Å². The summed E-state index contributed by atoms with van der Waals surface area (Å²) in [5, 5.41) is 0. The summed E-state index contributed by atoms with van der Waals surface area (Å²) < 4.78 is 17.9. The minimum absolute atomic E-state index is 0. The van der Waals surface area contributed by atoms with Gasteiger partial charge in [0.15, 0.2) is 0 Å². The summed E-state index contributed by atoms with van der Waals surface area (Å²) in [4.78, 5) is 44.3. The molecule has 0 radical (unpaired) electrons. The van der Waals surface area contributed by atoms with Crippen molar-refractivity contribution >= 4 is 7.60 Å². The van der Waals surface area contributed by atoms with E-state index in [2.05, 4.69) is 0 Å². The van der Waals surface area contributed by atoms with E-state index in [9.17, 15) is 23.9 Å². The van der Waals surface area contributed by atoms with Gasteiger partial charge >= 0.3 is 42.8 Å². The molecular weight excluding hydrogens is 298 g/mol. The predicted octanol–water partition coefficient (Wildman–Crippen LogP) is -3.05. The van der Waals surface area contributed by atoms with Crippen LogP contribution in [0.5, 0.6) is 0 Å². The van der Waals surface area contributed by atoms with Gasteiger partial charge in [0.25, 0.3) is 11.0 Å². The fourth-order valence-corrected chi connectivity index (χ4v) is 3.36. The molecule has 0 aromatic carbocycles. The van der Waals surface area contributed by atoms with Gasteiger partial charge in [0.1, 0.15) is 0 Å². The fraction of sp³-hybridized carbons (Fsp3) is 0.600. The topological polar surface area (TPSA) is 122 Å². The molecule has 0 amide bonds. The van der Waals surface area contributed by atoms with Gasteiger partial charge in [-0.05, 0) is 20.3 Å². The number of nitrogens with zero attached hydrogens (tertiary/aromatic N) is 1. The number of aryl methyl sites for hydroxylation is 1. The van der Waals surface area contributed by atoms with E-state index in [1.807, 2.05) is 4.98 Å². The van der Waals surface area contributed by atoms with Crippen LogP contribution in [0.3, 0.4) is 0 Å². The third-order valence-electron chi connectivity index (χ3n) is 3.22. The zero-order valence-electron chi connectivity index (χ0n) is 12.5. The van der Waals surface area contributed by atoms with Crippen LogP contribution in [0.25, 0.3) is 0 Å². The molecule has 3 N–H and O–H groups in total. The summed E-state index contributed by atoms with van der Waals surface area (Å²) in [6.45, 7) is 3.11. The van der Waals surface area contributed by atoms with Gasteiger partial charge in [-0.2, -0.15) is 0 Å². The Morgan fingerprint density at radius 1 is 1.55 bits per heavy atom. The first-order valence-electron chi connectivity index (χ1n) is 5.74. The molecule has 1 aromatic rings. The number of rotatable bonds is 2. The minimum Gasteiger partial charge on any atom is -1.00 e. The van der Waals surface area contributed by atoms with E-state index >= 15 is 0 Å². The van der Waals surface area contributed by atoms with Crippen LogP contribution >= 0.6 is 7.60 Å². The van der Waals surface area contributed by atoms with Crippen molar-refractivity contribution in [3.63, 3.8) is 0 Å². The Balaban J connectivity index is 0.00000200. The Labute approximate surface area is 138 Å². The summed E-state index contributed by atoms with van der Waals surface area (Å²) in [5.41, 5.74) is -3.34. The molecule has 1 aliphatic rings. The van der Waals surface area contributed by atoms with Crippen molar-refractivity contribution in [1.29, 1.82) is 0 Å². The van der Waals surface area contributed by atoms with Gasteiger partial charge < -0.3 is 16.0 Å². The second kappa shape index (κ2) is 5.88. The Hall–Kier alpha value is -0.210. The van der Waals surface area contributed by atoms with Gasteiger partial charge in [0.2, 0.25) is 0 Å². The minimum atomic E-state index is -4.75. The van der Waals surface area contributed by atoms with Crippen LogP contribution in [-0.4, -0.2) is 25.4 Å². The predicted molar refractivity (Wildman–Crippen MR) is 67.0 cm³/mol. The zero-order valence-corrected chi connectivity index (χ0v) is 14.4. The van der Waals surface area contributed by atoms with Gasteiger partial charge in [-0.1, -0.05) is 0 Å². The second-order valence-electron chi connectivity index (χ2n) is 4.70. The Kier molecular flexibility index (Phi) is 5.25. The zero-order chi connectivity index (χ0) is 14.4.